The minimum atomic E-state index is -0.361. The lowest BCUT2D eigenvalue weighted by Crippen LogP contribution is -2.30. The lowest BCUT2D eigenvalue weighted by Gasteiger charge is -2.12. The van der Waals surface area contributed by atoms with Crippen molar-refractivity contribution >= 4 is 10.8 Å². The Hall–Kier alpha value is -2.66. The largest absolute Gasteiger partial charge is 0.311 e. The van der Waals surface area contributed by atoms with Crippen molar-refractivity contribution in [3.8, 4) is 11.3 Å². The molecule has 0 amide bonds. The van der Waals surface area contributed by atoms with Crippen LogP contribution in [0.5, 0.6) is 0 Å². The highest BCUT2D eigenvalue weighted by molar-refractivity contribution is 5.85. The predicted octanol–water partition coefficient (Wildman–Crippen LogP) is 5.50. The van der Waals surface area contributed by atoms with E-state index in [9.17, 15) is 0 Å². The van der Waals surface area contributed by atoms with Gasteiger partial charge in [0.25, 0.3) is 0 Å². The van der Waals surface area contributed by atoms with Gasteiger partial charge in [0.1, 0.15) is 7.05 Å². The molecule has 0 fully saturated rings. The summed E-state index contributed by atoms with van der Waals surface area (Å²) in [6.07, 6.45) is 2.97. The normalized spacial score (nSPS) is 11.6. The summed E-state index contributed by atoms with van der Waals surface area (Å²) in [6, 6.07) is 13.4. The van der Waals surface area contributed by atoms with Crippen LogP contribution < -0.4 is 4.57 Å². The Morgan fingerprint density at radius 1 is 1.00 bits per heavy atom. The molecule has 3 aromatic rings. The number of pyridine rings is 1. The number of benzene rings is 2. The number of aryl methyl sites for hydroxylation is 3. The van der Waals surface area contributed by atoms with E-state index in [1.54, 1.807) is 0 Å². The number of aromatic nitrogens is 1. The van der Waals surface area contributed by atoms with E-state index in [1.807, 2.05) is 13.8 Å². The van der Waals surface area contributed by atoms with Gasteiger partial charge in [0.2, 0.25) is 11.2 Å². The maximum atomic E-state index is 7.38. The van der Waals surface area contributed by atoms with Crippen LogP contribution in [0.4, 0.5) is 0 Å². The molecule has 0 unspecified atom stereocenters. The third-order valence-corrected chi connectivity index (χ3v) is 5.18. The van der Waals surface area contributed by atoms with Gasteiger partial charge in [-0.3, -0.25) is 0 Å². The zero-order chi connectivity index (χ0) is 19.1. The third-order valence-electron chi connectivity index (χ3n) is 5.18. The molecule has 0 radical (unpaired) electrons. The monoisotopic (exact) mass is 343 g/mol. The van der Waals surface area contributed by atoms with Crippen molar-refractivity contribution in [2.75, 3.05) is 0 Å². The van der Waals surface area contributed by atoms with E-state index in [4.69, 9.17) is 6.57 Å². The molecule has 0 aliphatic heterocycles. The van der Waals surface area contributed by atoms with Crippen molar-refractivity contribution in [3.05, 3.63) is 76.3 Å². The molecular weight excluding hydrogens is 316 g/mol. The first-order valence-corrected chi connectivity index (χ1v) is 9.09. The second-order valence-corrected chi connectivity index (χ2v) is 8.09. The van der Waals surface area contributed by atoms with Crippen molar-refractivity contribution in [1.82, 2.24) is 0 Å². The molecule has 0 atom stereocenters. The quantitative estimate of drug-likeness (QED) is 0.438. The lowest BCUT2D eigenvalue weighted by molar-refractivity contribution is -0.659. The van der Waals surface area contributed by atoms with E-state index in [1.165, 1.54) is 44.3 Å². The maximum absolute atomic E-state index is 7.38. The van der Waals surface area contributed by atoms with Crippen LogP contribution in [-0.4, -0.2) is 5.54 Å². The molecule has 2 heteroatoms. The van der Waals surface area contributed by atoms with Crippen molar-refractivity contribution < 1.29 is 4.57 Å². The van der Waals surface area contributed by atoms with Crippen LogP contribution in [0.3, 0.4) is 0 Å². The number of nitrogens with zero attached hydrogens (tertiary/aromatic N) is 2. The molecule has 132 valence electrons. The molecule has 0 spiro atoms. The molecule has 2 nitrogen and oxygen atoms in total. The third kappa shape index (κ3) is 3.48. The Labute approximate surface area is 156 Å². The molecule has 0 saturated heterocycles. The summed E-state index contributed by atoms with van der Waals surface area (Å²) in [5, 5.41) is 2.46. The fourth-order valence-corrected chi connectivity index (χ4v) is 3.62. The summed E-state index contributed by atoms with van der Waals surface area (Å²) < 4.78 is 2.21. The first-order valence-electron chi connectivity index (χ1n) is 9.09. The van der Waals surface area contributed by atoms with Gasteiger partial charge in [-0.05, 0) is 55.0 Å². The summed E-state index contributed by atoms with van der Waals surface area (Å²) in [5.41, 5.74) is 7.32. The number of hydrogen-bond acceptors (Lipinski definition) is 0. The first kappa shape index (κ1) is 18.1. The highest BCUT2D eigenvalue weighted by atomic mass is 14.9. The van der Waals surface area contributed by atoms with Gasteiger partial charge in [-0.15, -0.1) is 0 Å². The Kier molecular flexibility index (Phi) is 4.59. The standard InChI is InChI=1S/C24H27N2/c1-16-10-17(2)18(3)22(11-16)23-13-21-12-19(14-24(4,5)25-6)8-9-20(21)15-26(23)7/h8-13,15H,14H2,1-5,7H3/q+1. The number of rotatable bonds is 3. The highest BCUT2D eigenvalue weighted by Crippen LogP contribution is 2.28. The number of fused-ring (bicyclic) bond motifs is 1. The molecule has 0 N–H and O–H groups in total. The minimum absolute atomic E-state index is 0.361. The van der Waals surface area contributed by atoms with E-state index in [2.05, 4.69) is 79.8 Å². The summed E-state index contributed by atoms with van der Waals surface area (Å²) in [6.45, 7) is 17.9. The Bertz CT molecular complexity index is 1040. The van der Waals surface area contributed by atoms with E-state index in [0.29, 0.717) is 0 Å². The second-order valence-electron chi connectivity index (χ2n) is 8.09. The zero-order valence-corrected chi connectivity index (χ0v) is 16.6. The van der Waals surface area contributed by atoms with Gasteiger partial charge in [-0.25, -0.2) is 11.1 Å². The average molecular weight is 343 g/mol. The molecule has 0 aliphatic carbocycles. The Balaban J connectivity index is 2.16. The minimum Gasteiger partial charge on any atom is -0.311 e. The highest BCUT2D eigenvalue weighted by Gasteiger charge is 2.23. The van der Waals surface area contributed by atoms with E-state index >= 15 is 0 Å². The summed E-state index contributed by atoms with van der Waals surface area (Å²) in [5.74, 6) is 0. The van der Waals surface area contributed by atoms with E-state index in [0.717, 1.165) is 6.42 Å². The topological polar surface area (TPSA) is 8.24 Å². The van der Waals surface area contributed by atoms with Crippen molar-refractivity contribution in [2.24, 2.45) is 7.05 Å². The molecule has 1 heterocycles. The van der Waals surface area contributed by atoms with Crippen LogP contribution in [0, 0.1) is 27.3 Å². The summed E-state index contributed by atoms with van der Waals surface area (Å²) >= 11 is 0. The molecule has 2 aromatic carbocycles. The molecule has 0 bridgehead atoms. The molecule has 0 aliphatic rings. The van der Waals surface area contributed by atoms with Crippen LogP contribution in [0.2, 0.25) is 0 Å². The Morgan fingerprint density at radius 2 is 1.73 bits per heavy atom. The summed E-state index contributed by atoms with van der Waals surface area (Å²) in [7, 11) is 2.11. The maximum Gasteiger partial charge on any atom is 0.231 e. The lowest BCUT2D eigenvalue weighted by atomic mass is 9.93. The first-order chi connectivity index (χ1) is 12.2. The fourth-order valence-electron chi connectivity index (χ4n) is 3.62. The Morgan fingerprint density at radius 3 is 2.42 bits per heavy atom. The van der Waals surface area contributed by atoms with Crippen molar-refractivity contribution in [3.63, 3.8) is 0 Å². The SMILES string of the molecule is [C-]#[N+]C(C)(C)Cc1ccc2c[n+](C)c(-c3cc(C)cc(C)c3C)cc2c1. The van der Waals surface area contributed by atoms with Gasteiger partial charge in [0, 0.05) is 30.9 Å². The van der Waals surface area contributed by atoms with Crippen molar-refractivity contribution in [2.45, 2.75) is 46.6 Å². The zero-order valence-electron chi connectivity index (χ0n) is 16.6. The molecule has 3 rings (SSSR count). The molecular formula is C24H27N2+. The van der Waals surface area contributed by atoms with Gasteiger partial charge in [0.05, 0.1) is 6.42 Å². The van der Waals surface area contributed by atoms with Crippen LogP contribution in [-0.2, 0) is 13.5 Å². The van der Waals surface area contributed by atoms with Crippen LogP contribution in [0.15, 0.2) is 42.6 Å². The van der Waals surface area contributed by atoms with E-state index in [-0.39, 0.29) is 5.54 Å². The molecule has 1 aromatic heterocycles. The second kappa shape index (κ2) is 6.57. The number of hydrogen-bond donors (Lipinski definition) is 0. The van der Waals surface area contributed by atoms with Crippen LogP contribution in [0.25, 0.3) is 26.9 Å². The fraction of sp³-hybridized carbons (Fsp3) is 0.333. The van der Waals surface area contributed by atoms with Crippen molar-refractivity contribution in [1.29, 1.82) is 0 Å². The van der Waals surface area contributed by atoms with Gasteiger partial charge >= 0.3 is 0 Å². The smallest absolute Gasteiger partial charge is 0.231 e. The average Bonchev–Trinajstić information content (AvgIpc) is 2.57. The van der Waals surface area contributed by atoms with Gasteiger partial charge < -0.3 is 4.85 Å². The molecule has 26 heavy (non-hydrogen) atoms. The van der Waals surface area contributed by atoms with Gasteiger partial charge in [-0.1, -0.05) is 23.8 Å². The van der Waals surface area contributed by atoms with Gasteiger partial charge in [0.15, 0.2) is 6.20 Å². The molecule has 0 saturated carbocycles. The van der Waals surface area contributed by atoms with Crippen LogP contribution in [0.1, 0.15) is 36.1 Å². The van der Waals surface area contributed by atoms with Crippen LogP contribution >= 0.6 is 0 Å². The summed E-state index contributed by atoms with van der Waals surface area (Å²) in [4.78, 5) is 3.75. The predicted molar refractivity (Wildman–Crippen MR) is 109 cm³/mol. The van der Waals surface area contributed by atoms with Gasteiger partial charge in [-0.2, -0.15) is 0 Å². The van der Waals surface area contributed by atoms with E-state index < -0.39 is 0 Å².